The van der Waals surface area contributed by atoms with Gasteiger partial charge >= 0.3 is 5.69 Å². The van der Waals surface area contributed by atoms with Crippen molar-refractivity contribution in [2.45, 2.75) is 25.4 Å². The van der Waals surface area contributed by atoms with Crippen LogP contribution in [0.2, 0.25) is 0 Å². The average molecular weight is 224 g/mol. The van der Waals surface area contributed by atoms with Crippen molar-refractivity contribution >= 4 is 0 Å². The van der Waals surface area contributed by atoms with Crippen LogP contribution in [0, 0.1) is 5.92 Å². The monoisotopic (exact) mass is 224 g/mol. The van der Waals surface area contributed by atoms with E-state index < -0.39 is 17.5 Å². The van der Waals surface area contributed by atoms with E-state index in [1.165, 1.54) is 16.8 Å². The number of fused-ring (bicyclic) bond motifs is 2. The Morgan fingerprint density at radius 1 is 1.50 bits per heavy atom. The van der Waals surface area contributed by atoms with Gasteiger partial charge < -0.3 is 9.47 Å². The summed E-state index contributed by atoms with van der Waals surface area (Å²) in [6.45, 7) is 2.62. The van der Waals surface area contributed by atoms with Gasteiger partial charge in [-0.1, -0.05) is 6.92 Å². The number of nitrogens with zero attached hydrogens (tertiary/aromatic N) is 1. The maximum atomic E-state index is 11.6. The van der Waals surface area contributed by atoms with Crippen molar-refractivity contribution in [1.29, 1.82) is 0 Å². The van der Waals surface area contributed by atoms with Crippen LogP contribution in [-0.2, 0) is 9.47 Å². The van der Waals surface area contributed by atoms with Gasteiger partial charge in [-0.25, -0.2) is 4.79 Å². The maximum Gasteiger partial charge on any atom is 0.330 e. The zero-order chi connectivity index (χ0) is 11.3. The molecule has 1 N–H and O–H groups in total. The first-order valence-electron chi connectivity index (χ1n) is 5.25. The molecule has 0 radical (unpaired) electrons. The minimum atomic E-state index is -0.458. The molecule has 1 aromatic heterocycles. The number of ether oxygens (including phenoxy) is 2. The lowest BCUT2D eigenvalue weighted by molar-refractivity contribution is -0.128. The van der Waals surface area contributed by atoms with Crippen molar-refractivity contribution in [2.24, 2.45) is 5.92 Å². The van der Waals surface area contributed by atoms with Crippen LogP contribution in [0.25, 0.3) is 0 Å². The summed E-state index contributed by atoms with van der Waals surface area (Å²) in [4.78, 5) is 24.7. The number of aromatic nitrogens is 2. The Balaban J connectivity index is 2.00. The Kier molecular flexibility index (Phi) is 2.02. The molecule has 2 saturated heterocycles. The highest BCUT2D eigenvalue weighted by molar-refractivity contribution is 4.95. The van der Waals surface area contributed by atoms with Gasteiger partial charge in [0.25, 0.3) is 5.56 Å². The second-order valence-electron chi connectivity index (χ2n) is 4.24. The van der Waals surface area contributed by atoms with E-state index in [0.29, 0.717) is 6.61 Å². The van der Waals surface area contributed by atoms with Crippen LogP contribution in [0.3, 0.4) is 0 Å². The lowest BCUT2D eigenvalue weighted by Gasteiger charge is -2.23. The van der Waals surface area contributed by atoms with Crippen LogP contribution >= 0.6 is 0 Å². The first-order valence-corrected chi connectivity index (χ1v) is 5.25. The molecular formula is C10H12N2O4. The molecule has 2 aliphatic heterocycles. The fourth-order valence-corrected chi connectivity index (χ4v) is 2.33. The average Bonchev–Trinajstić information content (AvgIpc) is 2.74. The van der Waals surface area contributed by atoms with Crippen LogP contribution in [0.4, 0.5) is 0 Å². The molecule has 2 bridgehead atoms. The van der Waals surface area contributed by atoms with E-state index in [4.69, 9.17) is 9.47 Å². The van der Waals surface area contributed by atoms with Gasteiger partial charge in [0.15, 0.2) is 6.23 Å². The topological polar surface area (TPSA) is 73.3 Å². The summed E-state index contributed by atoms with van der Waals surface area (Å²) in [6.07, 6.45) is 0.975. The highest BCUT2D eigenvalue weighted by Gasteiger charge is 2.49. The smallest absolute Gasteiger partial charge is 0.330 e. The second-order valence-corrected chi connectivity index (χ2v) is 4.24. The second kappa shape index (κ2) is 3.29. The Morgan fingerprint density at radius 3 is 2.88 bits per heavy atom. The van der Waals surface area contributed by atoms with E-state index in [2.05, 4.69) is 4.98 Å². The van der Waals surface area contributed by atoms with E-state index in [9.17, 15) is 9.59 Å². The van der Waals surface area contributed by atoms with Gasteiger partial charge in [0.1, 0.15) is 6.10 Å². The normalized spacial score (nSPS) is 36.8. The molecule has 2 fully saturated rings. The first-order chi connectivity index (χ1) is 7.66. The van der Waals surface area contributed by atoms with Crippen molar-refractivity contribution in [3.8, 4) is 0 Å². The van der Waals surface area contributed by atoms with Gasteiger partial charge in [0.05, 0.1) is 12.7 Å². The van der Waals surface area contributed by atoms with Crippen LogP contribution in [-0.4, -0.2) is 28.4 Å². The van der Waals surface area contributed by atoms with E-state index in [1.807, 2.05) is 6.92 Å². The SMILES string of the molecule is C[C@H]1[C@@H]2OC[C@H]1O[C@H]2n1ccc(=O)[nH]c1=O. The summed E-state index contributed by atoms with van der Waals surface area (Å²) in [5.74, 6) is 0.281. The molecule has 0 amide bonds. The van der Waals surface area contributed by atoms with Gasteiger partial charge in [0.2, 0.25) is 0 Å². The molecule has 4 atom stereocenters. The Morgan fingerprint density at radius 2 is 2.31 bits per heavy atom. The maximum absolute atomic E-state index is 11.6. The third kappa shape index (κ3) is 1.27. The molecule has 86 valence electrons. The fourth-order valence-electron chi connectivity index (χ4n) is 2.33. The molecule has 2 aliphatic rings. The minimum Gasteiger partial charge on any atom is -0.370 e. The molecule has 0 saturated carbocycles. The summed E-state index contributed by atoms with van der Waals surface area (Å²) in [5.41, 5.74) is -0.862. The highest BCUT2D eigenvalue weighted by Crippen LogP contribution is 2.40. The van der Waals surface area contributed by atoms with Crippen molar-refractivity contribution in [3.63, 3.8) is 0 Å². The van der Waals surface area contributed by atoms with Crippen molar-refractivity contribution in [3.05, 3.63) is 33.1 Å². The first kappa shape index (κ1) is 9.80. The largest absolute Gasteiger partial charge is 0.370 e. The van der Waals surface area contributed by atoms with Crippen LogP contribution < -0.4 is 11.2 Å². The van der Waals surface area contributed by atoms with Crippen LogP contribution in [0.5, 0.6) is 0 Å². The summed E-state index contributed by atoms with van der Waals surface area (Å²) >= 11 is 0. The number of hydrogen-bond acceptors (Lipinski definition) is 4. The van der Waals surface area contributed by atoms with Gasteiger partial charge in [-0.05, 0) is 0 Å². The van der Waals surface area contributed by atoms with Gasteiger partial charge in [0, 0.05) is 18.2 Å². The van der Waals surface area contributed by atoms with E-state index in [0.717, 1.165) is 0 Å². The van der Waals surface area contributed by atoms with Crippen LogP contribution in [0.15, 0.2) is 21.9 Å². The van der Waals surface area contributed by atoms with Crippen molar-refractivity contribution in [2.75, 3.05) is 6.61 Å². The number of nitrogens with one attached hydrogen (secondary N) is 1. The zero-order valence-corrected chi connectivity index (χ0v) is 8.75. The standard InChI is InChI=1S/C10H12N2O4/c1-5-6-4-15-8(5)9(16-6)12-3-2-7(13)11-10(12)14/h2-3,5-6,8-9H,4H2,1H3,(H,11,13,14)/t5-,6-,8+,9-/m1/s1. The molecule has 1 aromatic rings. The van der Waals surface area contributed by atoms with Crippen molar-refractivity contribution < 1.29 is 9.47 Å². The Bertz CT molecular complexity index is 520. The number of aromatic amines is 1. The molecule has 3 rings (SSSR count). The fraction of sp³-hybridized carbons (Fsp3) is 0.600. The van der Waals surface area contributed by atoms with Gasteiger partial charge in [-0.2, -0.15) is 0 Å². The summed E-state index contributed by atoms with van der Waals surface area (Å²) in [5, 5.41) is 0. The molecule has 0 aliphatic carbocycles. The molecule has 6 nitrogen and oxygen atoms in total. The number of H-pyrrole nitrogens is 1. The molecule has 0 spiro atoms. The van der Waals surface area contributed by atoms with Gasteiger partial charge in [-0.3, -0.25) is 14.3 Å². The van der Waals surface area contributed by atoms with E-state index >= 15 is 0 Å². The third-order valence-corrected chi connectivity index (χ3v) is 3.28. The lowest BCUT2D eigenvalue weighted by Crippen LogP contribution is -2.37. The molecule has 0 aromatic carbocycles. The van der Waals surface area contributed by atoms with E-state index in [1.54, 1.807) is 0 Å². The summed E-state index contributed by atoms with van der Waals surface area (Å²) in [6, 6.07) is 1.31. The molecular weight excluding hydrogens is 212 g/mol. The predicted molar refractivity (Wildman–Crippen MR) is 54.1 cm³/mol. The van der Waals surface area contributed by atoms with Crippen molar-refractivity contribution in [1.82, 2.24) is 9.55 Å². The Hall–Kier alpha value is -1.40. The molecule has 3 heterocycles. The zero-order valence-electron chi connectivity index (χ0n) is 8.75. The highest BCUT2D eigenvalue weighted by atomic mass is 16.6. The quantitative estimate of drug-likeness (QED) is 0.696. The minimum absolute atomic E-state index is 0.0498. The summed E-state index contributed by atoms with van der Waals surface area (Å²) in [7, 11) is 0. The number of hydrogen-bond donors (Lipinski definition) is 1. The summed E-state index contributed by atoms with van der Waals surface area (Å²) < 4.78 is 12.6. The Labute approximate surface area is 90.8 Å². The number of rotatable bonds is 1. The van der Waals surface area contributed by atoms with Gasteiger partial charge in [-0.15, -0.1) is 0 Å². The van der Waals surface area contributed by atoms with Crippen LogP contribution in [0.1, 0.15) is 13.2 Å². The third-order valence-electron chi connectivity index (χ3n) is 3.28. The molecule has 16 heavy (non-hydrogen) atoms. The molecule has 6 heteroatoms. The predicted octanol–water partition coefficient (Wildman–Crippen LogP) is -0.531. The lowest BCUT2D eigenvalue weighted by atomic mass is 10.0. The van der Waals surface area contributed by atoms with E-state index in [-0.39, 0.29) is 18.1 Å². The molecule has 0 unspecified atom stereocenters.